The number of hydrogen-bond acceptors (Lipinski definition) is 4. The molecule has 1 saturated heterocycles. The molecule has 13 heteroatoms. The maximum Gasteiger partial charge on any atom is 0.270 e. The monoisotopic (exact) mass is 502 g/mol. The zero-order chi connectivity index (χ0) is 23.5. The van der Waals surface area contributed by atoms with Crippen molar-refractivity contribution in [2.24, 2.45) is 0 Å². The van der Waals surface area contributed by atoms with Crippen LogP contribution in [0.3, 0.4) is 0 Å². The Labute approximate surface area is 194 Å². The van der Waals surface area contributed by atoms with Crippen molar-refractivity contribution in [2.75, 3.05) is 16.8 Å². The molecule has 1 saturated carbocycles. The van der Waals surface area contributed by atoms with Crippen LogP contribution < -0.4 is 15.5 Å². The summed E-state index contributed by atoms with van der Waals surface area (Å²) in [5.41, 5.74) is 0.395. The van der Waals surface area contributed by atoms with Crippen molar-refractivity contribution in [2.45, 2.75) is 37.0 Å². The summed E-state index contributed by atoms with van der Waals surface area (Å²) >= 11 is 11.3. The number of alkyl halides is 3. The summed E-state index contributed by atoms with van der Waals surface area (Å²) in [6.07, 6.45) is -0.122. The Morgan fingerprint density at radius 3 is 2.73 bits per heavy atom. The average molecular weight is 503 g/mol. The molecule has 2 fully saturated rings. The lowest BCUT2D eigenvalue weighted by Crippen LogP contribution is -2.33. The molecule has 0 amide bonds. The number of rotatable bonds is 4. The summed E-state index contributed by atoms with van der Waals surface area (Å²) in [6, 6.07) is 2.75. The van der Waals surface area contributed by atoms with Crippen LogP contribution in [0.1, 0.15) is 24.4 Å². The predicted molar refractivity (Wildman–Crippen MR) is 117 cm³/mol. The number of benzene rings is 1. The first kappa shape index (κ1) is 22.1. The van der Waals surface area contributed by atoms with E-state index in [-0.39, 0.29) is 52.4 Å². The minimum atomic E-state index is -2.82. The van der Waals surface area contributed by atoms with Gasteiger partial charge in [-0.25, -0.2) is 31.5 Å². The molecule has 1 aromatic carbocycles. The van der Waals surface area contributed by atoms with Crippen LogP contribution in [-0.2, 0) is 0 Å². The summed E-state index contributed by atoms with van der Waals surface area (Å²) in [7, 11) is 0. The van der Waals surface area contributed by atoms with Crippen molar-refractivity contribution < 1.29 is 22.0 Å². The van der Waals surface area contributed by atoms with Gasteiger partial charge >= 0.3 is 0 Å². The maximum absolute atomic E-state index is 14.4. The highest BCUT2D eigenvalue weighted by Crippen LogP contribution is 2.42. The number of aromatic nitrogens is 3. The highest BCUT2D eigenvalue weighted by atomic mass is 35.5. The molecule has 5 rings (SSSR count). The van der Waals surface area contributed by atoms with Crippen LogP contribution in [0.25, 0.3) is 5.65 Å². The normalized spacial score (nSPS) is 23.7. The molecule has 0 bridgehead atoms. The Morgan fingerprint density at radius 2 is 2.00 bits per heavy atom. The van der Waals surface area contributed by atoms with E-state index in [0.29, 0.717) is 0 Å². The predicted octanol–water partition coefficient (Wildman–Crippen LogP) is 4.64. The number of hydrogen-bond donors (Lipinski definition) is 2. The highest BCUT2D eigenvalue weighted by Gasteiger charge is 2.57. The molecule has 6 nitrogen and oxygen atoms in total. The molecule has 3 heterocycles. The number of fused-ring (bicyclic) bond motifs is 1. The maximum atomic E-state index is 14.4. The largest absolute Gasteiger partial charge is 0.353 e. The van der Waals surface area contributed by atoms with E-state index >= 15 is 0 Å². The van der Waals surface area contributed by atoms with Gasteiger partial charge in [-0.2, -0.15) is 5.10 Å². The quantitative estimate of drug-likeness (QED) is 0.400. The van der Waals surface area contributed by atoms with E-state index in [1.165, 1.54) is 15.6 Å². The topological polar surface area (TPSA) is 57.5 Å². The van der Waals surface area contributed by atoms with Gasteiger partial charge in [-0.05, 0) is 36.5 Å². The van der Waals surface area contributed by atoms with Gasteiger partial charge in [0.25, 0.3) is 5.92 Å². The van der Waals surface area contributed by atoms with Crippen molar-refractivity contribution in [3.63, 3.8) is 0 Å². The van der Waals surface area contributed by atoms with Crippen molar-refractivity contribution >= 4 is 46.1 Å². The fraction of sp³-hybridized carbons (Fsp3) is 0.350. The summed E-state index contributed by atoms with van der Waals surface area (Å²) in [5.74, 6) is -3.82. The minimum Gasteiger partial charge on any atom is -0.353 e. The Bertz CT molecular complexity index is 1250. The van der Waals surface area contributed by atoms with E-state index in [2.05, 4.69) is 20.7 Å². The fourth-order valence-corrected chi connectivity index (χ4v) is 4.40. The van der Waals surface area contributed by atoms with Crippen LogP contribution in [0.4, 0.5) is 33.5 Å². The zero-order valence-electron chi connectivity index (χ0n) is 16.7. The highest BCUT2D eigenvalue weighted by molar-refractivity contribution is 7.80. The van der Waals surface area contributed by atoms with Gasteiger partial charge < -0.3 is 15.5 Å². The molecule has 2 N–H and O–H groups in total. The van der Waals surface area contributed by atoms with Gasteiger partial charge in [0.15, 0.2) is 15.9 Å². The lowest BCUT2D eigenvalue weighted by atomic mass is 10.0. The van der Waals surface area contributed by atoms with Crippen molar-refractivity contribution in [3.05, 3.63) is 52.8 Å². The molecule has 3 aromatic rings. The lowest BCUT2D eigenvalue weighted by molar-refractivity contribution is 0.110. The molecule has 1 unspecified atom stereocenters. The smallest absolute Gasteiger partial charge is 0.270 e. The molecule has 2 aliphatic rings. The van der Waals surface area contributed by atoms with E-state index in [1.807, 2.05) is 0 Å². The van der Waals surface area contributed by atoms with E-state index in [9.17, 15) is 22.0 Å². The van der Waals surface area contributed by atoms with Gasteiger partial charge in [-0.15, -0.1) is 0 Å². The third-order valence-electron chi connectivity index (χ3n) is 5.66. The Morgan fingerprint density at radius 1 is 1.24 bits per heavy atom. The van der Waals surface area contributed by atoms with Gasteiger partial charge in [-0.1, -0.05) is 11.6 Å². The third-order valence-corrected chi connectivity index (χ3v) is 6.14. The molecule has 0 spiro atoms. The van der Waals surface area contributed by atoms with Crippen LogP contribution >= 0.6 is 23.8 Å². The first-order valence-electron chi connectivity index (χ1n) is 9.98. The van der Waals surface area contributed by atoms with Crippen molar-refractivity contribution in [1.29, 1.82) is 0 Å². The number of thiocarbonyl (C=S) groups is 1. The van der Waals surface area contributed by atoms with Crippen molar-refractivity contribution in [1.82, 2.24) is 19.9 Å². The Hall–Kier alpha value is -2.73. The van der Waals surface area contributed by atoms with Crippen LogP contribution in [-0.4, -0.2) is 44.4 Å². The van der Waals surface area contributed by atoms with Crippen molar-refractivity contribution in [3.8, 4) is 0 Å². The number of nitrogens with zero attached hydrogens (tertiary/aromatic N) is 4. The van der Waals surface area contributed by atoms with Gasteiger partial charge in [0.1, 0.15) is 29.3 Å². The molecule has 1 aliphatic carbocycles. The zero-order valence-corrected chi connectivity index (χ0v) is 18.3. The molecule has 33 heavy (non-hydrogen) atoms. The standard InChI is InChI=1S/C20H16ClF5N6S/c21-17-16(29-19(33)27-14-7-20(14,25)26)18-28-15(3-4-32(18)30-17)31-8-10(23)6-13(31)11-5-9(22)1-2-12(11)24/h1-5,10,13-14H,6-8H2,(H2,27,29,33)/t10-,13-,14?/m1/s1. The Balaban J connectivity index is 1.46. The van der Waals surface area contributed by atoms with Gasteiger partial charge in [0.05, 0.1) is 18.6 Å². The van der Waals surface area contributed by atoms with Gasteiger partial charge in [0.2, 0.25) is 0 Å². The molecule has 0 radical (unpaired) electrons. The summed E-state index contributed by atoms with van der Waals surface area (Å²) in [6.45, 7) is -0.0782. The molecule has 3 atom stereocenters. The first-order chi connectivity index (χ1) is 15.6. The molecule has 1 aliphatic heterocycles. The molecular formula is C20H16ClF5N6S. The fourth-order valence-electron chi connectivity index (χ4n) is 3.94. The number of halogens is 6. The second kappa shape index (κ2) is 7.94. The lowest BCUT2D eigenvalue weighted by Gasteiger charge is -2.26. The van der Waals surface area contributed by atoms with Crippen LogP contribution in [0.2, 0.25) is 5.15 Å². The second-order valence-electron chi connectivity index (χ2n) is 8.00. The van der Waals surface area contributed by atoms with Gasteiger partial charge in [-0.3, -0.25) is 0 Å². The average Bonchev–Trinajstić information content (AvgIpc) is 3.05. The van der Waals surface area contributed by atoms with E-state index in [4.69, 9.17) is 23.8 Å². The third kappa shape index (κ3) is 4.17. The molecule has 174 valence electrons. The van der Waals surface area contributed by atoms with Crippen LogP contribution in [0.5, 0.6) is 0 Å². The number of anilines is 2. The Kier molecular flexibility index (Phi) is 5.31. The van der Waals surface area contributed by atoms with E-state index < -0.39 is 35.8 Å². The van der Waals surface area contributed by atoms with E-state index in [0.717, 1.165) is 18.2 Å². The van der Waals surface area contributed by atoms with Gasteiger partial charge in [0, 0.05) is 24.6 Å². The SMILES string of the molecule is Fc1ccc(F)c([C@H]2C[C@@H](F)CN2c2ccn3nc(Cl)c(NC(=S)NC4CC4(F)F)c3n2)c1. The number of nitrogens with one attached hydrogen (secondary N) is 2. The first-order valence-corrected chi connectivity index (χ1v) is 10.8. The molecule has 2 aromatic heterocycles. The van der Waals surface area contributed by atoms with Crippen LogP contribution in [0, 0.1) is 11.6 Å². The summed E-state index contributed by atoms with van der Waals surface area (Å²) in [5, 5.41) is 9.24. The van der Waals surface area contributed by atoms with E-state index in [1.54, 1.807) is 6.07 Å². The van der Waals surface area contributed by atoms with Crippen LogP contribution in [0.15, 0.2) is 30.5 Å². The molecular weight excluding hydrogens is 487 g/mol. The minimum absolute atomic E-state index is 0.0103. The summed E-state index contributed by atoms with van der Waals surface area (Å²) in [4.78, 5) is 6.01. The summed E-state index contributed by atoms with van der Waals surface area (Å²) < 4.78 is 70.2. The second-order valence-corrected chi connectivity index (χ2v) is 8.77.